The number of aliphatic carboxylic acids is 1. The molecule has 4 nitrogen and oxygen atoms in total. The largest absolute Gasteiger partial charge is 0.481 e. The summed E-state index contributed by atoms with van der Waals surface area (Å²) in [4.78, 5) is 13.0. The van der Waals surface area contributed by atoms with Gasteiger partial charge < -0.3 is 10.0 Å². The molecule has 1 N–H and O–H groups in total. The Morgan fingerprint density at radius 1 is 1.36 bits per heavy atom. The van der Waals surface area contributed by atoms with E-state index in [9.17, 15) is 10.1 Å². The zero-order chi connectivity index (χ0) is 16.8. The fourth-order valence-corrected chi connectivity index (χ4v) is 3.64. The Hall–Kier alpha value is -1.54. The molecule has 5 heteroatoms. The van der Waals surface area contributed by atoms with E-state index < -0.39 is 5.97 Å². The Labute approximate surface area is 137 Å². The maximum atomic E-state index is 10.9. The molecule has 0 atom stereocenters. The van der Waals surface area contributed by atoms with Gasteiger partial charge in [0.1, 0.15) is 11.1 Å². The van der Waals surface area contributed by atoms with Crippen molar-refractivity contribution in [3.05, 3.63) is 16.5 Å². The van der Waals surface area contributed by atoms with E-state index in [-0.39, 0.29) is 11.8 Å². The van der Waals surface area contributed by atoms with E-state index in [1.807, 2.05) is 5.38 Å². The third kappa shape index (κ3) is 5.03. The SMILES string of the molecule is CCCCCN(CCC(=O)O)c1scc(C(C)(C)C)c1C#N. The molecule has 0 spiro atoms. The molecule has 0 aliphatic carbocycles. The van der Waals surface area contributed by atoms with Gasteiger partial charge in [0.15, 0.2) is 0 Å². The van der Waals surface area contributed by atoms with Gasteiger partial charge in [-0.25, -0.2) is 0 Å². The number of thiophene rings is 1. The maximum Gasteiger partial charge on any atom is 0.305 e. The number of anilines is 1. The summed E-state index contributed by atoms with van der Waals surface area (Å²) >= 11 is 1.56. The van der Waals surface area contributed by atoms with Crippen molar-refractivity contribution < 1.29 is 9.90 Å². The highest BCUT2D eigenvalue weighted by molar-refractivity contribution is 7.14. The second kappa shape index (κ2) is 8.19. The zero-order valence-electron chi connectivity index (χ0n) is 14.0. The van der Waals surface area contributed by atoms with Crippen molar-refractivity contribution in [3.63, 3.8) is 0 Å². The molecule has 0 saturated heterocycles. The van der Waals surface area contributed by atoms with E-state index in [1.54, 1.807) is 11.3 Å². The molecule has 0 aliphatic rings. The smallest absolute Gasteiger partial charge is 0.305 e. The van der Waals surface area contributed by atoms with Gasteiger partial charge in [0.2, 0.25) is 0 Å². The van der Waals surface area contributed by atoms with E-state index in [0.29, 0.717) is 12.1 Å². The minimum Gasteiger partial charge on any atom is -0.481 e. The first-order valence-electron chi connectivity index (χ1n) is 7.80. The summed E-state index contributed by atoms with van der Waals surface area (Å²) in [5.74, 6) is -0.799. The van der Waals surface area contributed by atoms with Crippen LogP contribution in [0.4, 0.5) is 5.00 Å². The number of rotatable bonds is 8. The Kier molecular flexibility index (Phi) is 6.89. The molecule has 1 rings (SSSR count). The molecule has 0 aliphatic heterocycles. The number of carboxylic acids is 1. The quantitative estimate of drug-likeness (QED) is 0.721. The average Bonchev–Trinajstić information content (AvgIpc) is 2.86. The first kappa shape index (κ1) is 18.5. The molecule has 0 amide bonds. The van der Waals surface area contributed by atoms with Gasteiger partial charge in [-0.05, 0) is 22.8 Å². The first-order chi connectivity index (χ1) is 10.3. The summed E-state index contributed by atoms with van der Waals surface area (Å²) in [6, 6.07) is 2.33. The third-order valence-electron chi connectivity index (χ3n) is 3.61. The number of unbranched alkanes of at least 4 members (excludes halogenated alkanes) is 2. The molecular weight excluding hydrogens is 296 g/mol. The Balaban J connectivity index is 3.05. The van der Waals surface area contributed by atoms with Crippen LogP contribution in [0.15, 0.2) is 5.38 Å². The van der Waals surface area contributed by atoms with Crippen LogP contribution < -0.4 is 4.90 Å². The molecule has 1 aromatic rings. The summed E-state index contributed by atoms with van der Waals surface area (Å²) in [5, 5.41) is 21.5. The lowest BCUT2D eigenvalue weighted by molar-refractivity contribution is -0.136. The van der Waals surface area contributed by atoms with Crippen LogP contribution in [0.25, 0.3) is 0 Å². The molecule has 1 aromatic heterocycles. The highest BCUT2D eigenvalue weighted by Gasteiger charge is 2.25. The highest BCUT2D eigenvalue weighted by Crippen LogP contribution is 2.37. The van der Waals surface area contributed by atoms with Gasteiger partial charge >= 0.3 is 5.97 Å². The topological polar surface area (TPSA) is 64.3 Å². The van der Waals surface area contributed by atoms with E-state index >= 15 is 0 Å². The minimum atomic E-state index is -0.799. The van der Waals surface area contributed by atoms with Crippen LogP contribution in [0, 0.1) is 11.3 Å². The standard InChI is InChI=1S/C17H26N2O2S/c1-5-6-7-9-19(10-8-15(20)21)16-13(11-18)14(12-22-16)17(2,3)4/h12H,5-10H2,1-4H3,(H,20,21). The monoisotopic (exact) mass is 322 g/mol. The van der Waals surface area contributed by atoms with E-state index in [0.717, 1.165) is 36.4 Å². The molecule has 0 fully saturated rings. The highest BCUT2D eigenvalue weighted by atomic mass is 32.1. The van der Waals surface area contributed by atoms with E-state index in [4.69, 9.17) is 5.11 Å². The van der Waals surface area contributed by atoms with Gasteiger partial charge in [-0.2, -0.15) is 5.26 Å². The predicted octanol–water partition coefficient (Wildman–Crippen LogP) is 4.39. The van der Waals surface area contributed by atoms with Gasteiger partial charge in [0, 0.05) is 13.1 Å². The predicted molar refractivity (Wildman–Crippen MR) is 91.7 cm³/mol. The maximum absolute atomic E-state index is 10.9. The molecule has 0 aromatic carbocycles. The summed E-state index contributed by atoms with van der Waals surface area (Å²) in [7, 11) is 0. The lowest BCUT2D eigenvalue weighted by Crippen LogP contribution is -2.27. The van der Waals surface area contributed by atoms with E-state index in [2.05, 4.69) is 38.7 Å². The van der Waals surface area contributed by atoms with Crippen LogP contribution in [0.3, 0.4) is 0 Å². The minimum absolute atomic E-state index is 0.0816. The van der Waals surface area contributed by atoms with Gasteiger partial charge in [0.25, 0.3) is 0 Å². The van der Waals surface area contributed by atoms with Crippen molar-refractivity contribution in [1.82, 2.24) is 0 Å². The molecule has 122 valence electrons. The molecular formula is C17H26N2O2S. The van der Waals surface area contributed by atoms with Crippen molar-refractivity contribution in [3.8, 4) is 6.07 Å². The third-order valence-corrected chi connectivity index (χ3v) is 4.64. The van der Waals surface area contributed by atoms with Gasteiger partial charge in [0.05, 0.1) is 12.0 Å². The lowest BCUT2D eigenvalue weighted by atomic mass is 9.86. The number of nitriles is 1. The van der Waals surface area contributed by atoms with Crippen LogP contribution in [-0.4, -0.2) is 24.2 Å². The summed E-state index contributed by atoms with van der Waals surface area (Å²) in [6.45, 7) is 9.69. The fraction of sp³-hybridized carbons (Fsp3) is 0.647. The molecule has 0 saturated carbocycles. The summed E-state index contributed by atoms with van der Waals surface area (Å²) in [5.41, 5.74) is 1.67. The molecule has 0 unspecified atom stereocenters. The normalized spacial score (nSPS) is 11.2. The number of carbonyl (C=O) groups is 1. The van der Waals surface area contributed by atoms with E-state index in [1.165, 1.54) is 0 Å². The first-order valence-corrected chi connectivity index (χ1v) is 8.68. The molecule has 0 bridgehead atoms. The zero-order valence-corrected chi connectivity index (χ0v) is 14.8. The number of carboxylic acid groups (broad SMARTS) is 1. The van der Waals surface area contributed by atoms with Gasteiger partial charge in [-0.15, -0.1) is 11.3 Å². The van der Waals surface area contributed by atoms with Crippen molar-refractivity contribution in [2.75, 3.05) is 18.0 Å². The molecule has 0 radical (unpaired) electrons. The second-order valence-electron chi connectivity index (χ2n) is 6.53. The molecule has 22 heavy (non-hydrogen) atoms. The Morgan fingerprint density at radius 3 is 2.55 bits per heavy atom. The Morgan fingerprint density at radius 2 is 2.05 bits per heavy atom. The van der Waals surface area contributed by atoms with Crippen molar-refractivity contribution >= 4 is 22.3 Å². The fourth-order valence-electron chi connectivity index (χ4n) is 2.34. The van der Waals surface area contributed by atoms with Crippen molar-refractivity contribution in [2.45, 2.75) is 58.8 Å². The molecule has 1 heterocycles. The lowest BCUT2D eigenvalue weighted by Gasteiger charge is -2.24. The van der Waals surface area contributed by atoms with Crippen LogP contribution in [0.2, 0.25) is 0 Å². The summed E-state index contributed by atoms with van der Waals surface area (Å²) < 4.78 is 0. The van der Waals surface area contributed by atoms with Crippen LogP contribution in [0.5, 0.6) is 0 Å². The number of hydrogen-bond donors (Lipinski definition) is 1. The van der Waals surface area contributed by atoms with Crippen LogP contribution >= 0.6 is 11.3 Å². The average molecular weight is 322 g/mol. The second-order valence-corrected chi connectivity index (χ2v) is 7.39. The Bertz CT molecular complexity index is 538. The van der Waals surface area contributed by atoms with Gasteiger partial charge in [-0.3, -0.25) is 4.79 Å². The number of nitrogens with zero attached hydrogens (tertiary/aromatic N) is 2. The van der Waals surface area contributed by atoms with Crippen LogP contribution in [0.1, 0.15) is 64.5 Å². The number of hydrogen-bond acceptors (Lipinski definition) is 4. The van der Waals surface area contributed by atoms with Gasteiger partial charge in [-0.1, -0.05) is 40.5 Å². The summed E-state index contributed by atoms with van der Waals surface area (Å²) in [6.07, 6.45) is 3.35. The van der Waals surface area contributed by atoms with Crippen molar-refractivity contribution in [2.24, 2.45) is 0 Å². The van der Waals surface area contributed by atoms with Crippen molar-refractivity contribution in [1.29, 1.82) is 5.26 Å². The van der Waals surface area contributed by atoms with Crippen LogP contribution in [-0.2, 0) is 10.2 Å².